The minimum atomic E-state index is -1.02. The van der Waals surface area contributed by atoms with Crippen molar-refractivity contribution in [1.82, 2.24) is 0 Å². The molecule has 0 heterocycles. The zero-order valence-electron chi connectivity index (χ0n) is 39.6. The van der Waals surface area contributed by atoms with Crippen molar-refractivity contribution < 1.29 is 0 Å². The number of fused-ring (bicyclic) bond motifs is 2. The summed E-state index contributed by atoms with van der Waals surface area (Å²) in [5.41, 5.74) is 24.8. The summed E-state index contributed by atoms with van der Waals surface area (Å²) in [6.45, 7) is 13.8. The first-order valence-electron chi connectivity index (χ1n) is 24.1. The first kappa shape index (κ1) is 44.1. The summed E-state index contributed by atoms with van der Waals surface area (Å²) in [6.07, 6.45) is 9.11. The molecule has 8 aromatic rings. The van der Waals surface area contributed by atoms with E-state index in [-0.39, 0.29) is 0 Å². The normalized spacial score (nSPS) is 13.4. The molecule has 2 aliphatic carbocycles. The number of hydrogen-bond donors (Lipinski definition) is 2. The van der Waals surface area contributed by atoms with E-state index in [2.05, 4.69) is 209 Å². The molecule has 0 spiro atoms. The molecule has 0 fully saturated rings. The van der Waals surface area contributed by atoms with Gasteiger partial charge in [-0.1, -0.05) is 157 Å². The topological polar surface area (TPSA) is 24.1 Å². The van der Waals surface area contributed by atoms with Crippen LogP contribution >= 0.6 is 16.1 Å². The van der Waals surface area contributed by atoms with E-state index in [1.165, 1.54) is 147 Å². The van der Waals surface area contributed by atoms with E-state index < -0.39 is 16.1 Å². The van der Waals surface area contributed by atoms with Gasteiger partial charge in [0.2, 0.25) is 0 Å². The van der Waals surface area contributed by atoms with E-state index >= 15 is 0 Å². The Morgan fingerprint density at radius 2 is 0.712 bits per heavy atom. The second-order valence-corrected chi connectivity index (χ2v) is 22.7. The molecule has 0 saturated carbocycles. The van der Waals surface area contributed by atoms with Gasteiger partial charge in [0.25, 0.3) is 0 Å². The van der Waals surface area contributed by atoms with Crippen molar-refractivity contribution in [3.63, 3.8) is 0 Å². The molecule has 10 rings (SSSR count). The highest BCUT2D eigenvalue weighted by molar-refractivity contribution is 7.74. The highest BCUT2D eigenvalue weighted by Crippen LogP contribution is 2.56. The Morgan fingerprint density at radius 1 is 0.348 bits per heavy atom. The van der Waals surface area contributed by atoms with Gasteiger partial charge in [0, 0.05) is 43.5 Å². The lowest BCUT2D eigenvalue weighted by atomic mass is 9.76. The maximum Gasteiger partial charge on any atom is 0.0540 e. The van der Waals surface area contributed by atoms with Crippen molar-refractivity contribution in [2.45, 2.75) is 92.9 Å². The summed E-state index contributed by atoms with van der Waals surface area (Å²) >= 11 is 0. The van der Waals surface area contributed by atoms with Gasteiger partial charge in [0.1, 0.15) is 0 Å². The van der Waals surface area contributed by atoms with Gasteiger partial charge in [-0.25, -0.2) is 0 Å². The summed E-state index contributed by atoms with van der Waals surface area (Å²) < 4.78 is 0. The van der Waals surface area contributed by atoms with Crippen LogP contribution in [0.4, 0.5) is 11.4 Å². The molecule has 4 heteroatoms. The minimum Gasteiger partial charge on any atom is -0.356 e. The van der Waals surface area contributed by atoms with Crippen molar-refractivity contribution in [3.8, 4) is 33.4 Å². The molecule has 0 amide bonds. The molecule has 2 aliphatic rings. The van der Waals surface area contributed by atoms with Gasteiger partial charge in [-0.2, -0.15) is 0 Å². The fourth-order valence-corrected chi connectivity index (χ4v) is 14.9. The number of aryl methyl sites for hydroxylation is 7. The zero-order valence-corrected chi connectivity index (χ0v) is 41.4. The Hall–Kier alpha value is -5.78. The second-order valence-electron chi connectivity index (χ2n) is 18.8. The fourth-order valence-electron chi connectivity index (χ4n) is 11.0. The van der Waals surface area contributed by atoms with Gasteiger partial charge >= 0.3 is 0 Å². The SMILES string of the molecule is Cc1cc(C)c(-c2cc3c(c(-c4c5c(cc(-c6cc(C)cc(C)c6C)c4NP(c4ccccc4)c4ccccc4)CCCC5)c2NP(c2ccccc2)c2ccccc2)CCCC3)c(C)c1. The summed E-state index contributed by atoms with van der Waals surface area (Å²) in [5.74, 6) is 0. The predicted molar refractivity (Wildman–Crippen MR) is 290 cm³/mol. The molecular weight excluding hydrogens is 835 g/mol. The molecule has 0 radical (unpaired) electrons. The zero-order chi connectivity index (χ0) is 45.3. The summed E-state index contributed by atoms with van der Waals surface area (Å²) in [6, 6.07) is 59.8. The number of anilines is 2. The van der Waals surface area contributed by atoms with Crippen molar-refractivity contribution in [3.05, 3.63) is 213 Å². The largest absolute Gasteiger partial charge is 0.356 e. The number of nitrogens with one attached hydrogen (secondary N) is 2. The molecule has 8 aromatic carbocycles. The molecule has 330 valence electrons. The van der Waals surface area contributed by atoms with Crippen LogP contribution in [0.1, 0.15) is 81.3 Å². The van der Waals surface area contributed by atoms with Crippen LogP contribution in [0.25, 0.3) is 33.4 Å². The molecule has 0 aliphatic heterocycles. The molecule has 0 saturated heterocycles. The third kappa shape index (κ3) is 8.68. The van der Waals surface area contributed by atoms with E-state index in [4.69, 9.17) is 0 Å². The first-order valence-corrected chi connectivity index (χ1v) is 26.8. The molecule has 0 aromatic heterocycles. The smallest absolute Gasteiger partial charge is 0.0540 e. The Morgan fingerprint density at radius 3 is 1.15 bits per heavy atom. The van der Waals surface area contributed by atoms with Crippen LogP contribution in [0.2, 0.25) is 0 Å². The average molecular weight is 897 g/mol. The highest BCUT2D eigenvalue weighted by atomic mass is 31.1. The molecule has 2 N–H and O–H groups in total. The maximum absolute atomic E-state index is 4.55. The predicted octanol–water partition coefficient (Wildman–Crippen LogP) is 15.2. The minimum absolute atomic E-state index is 1.02. The quantitative estimate of drug-likeness (QED) is 0.126. The van der Waals surface area contributed by atoms with Crippen molar-refractivity contribution in [2.75, 3.05) is 10.2 Å². The van der Waals surface area contributed by atoms with E-state index in [9.17, 15) is 0 Å². The molecule has 0 unspecified atom stereocenters. The van der Waals surface area contributed by atoms with Crippen LogP contribution in [0, 0.1) is 41.5 Å². The van der Waals surface area contributed by atoms with Gasteiger partial charge < -0.3 is 10.2 Å². The van der Waals surface area contributed by atoms with Gasteiger partial charge in [0.05, 0.1) is 27.5 Å². The molecular formula is C62H62N2P2. The van der Waals surface area contributed by atoms with Crippen LogP contribution in [-0.2, 0) is 25.7 Å². The molecule has 2 nitrogen and oxygen atoms in total. The summed E-state index contributed by atoms with van der Waals surface area (Å²) in [5, 5.41) is 14.4. The third-order valence-corrected chi connectivity index (χ3v) is 18.3. The van der Waals surface area contributed by atoms with Crippen molar-refractivity contribution >= 4 is 48.7 Å². The summed E-state index contributed by atoms with van der Waals surface area (Å²) in [4.78, 5) is 0. The standard InChI is InChI=1S/C62H62N2P2/c1-41-36-44(4)58(45(5)37-41)57-40-48-24-20-22-34-54(48)60(62(57)64-66(51-29-15-9-16-30-51)52-31-17-10-18-32-52)59-53-33-21-19-23-47(53)39-56(55-38-42(2)35-43(3)46(55)6)61(59)63-65(49-25-11-7-12-26-49)50-27-13-8-14-28-50/h7-18,25-32,35-40,63-64H,19-24,33-34H2,1-6H3. The van der Waals surface area contributed by atoms with E-state index in [0.717, 1.165) is 25.7 Å². The van der Waals surface area contributed by atoms with Crippen molar-refractivity contribution in [2.24, 2.45) is 0 Å². The Bertz CT molecular complexity index is 2930. The molecule has 66 heavy (non-hydrogen) atoms. The average Bonchev–Trinajstić information content (AvgIpc) is 3.34. The van der Waals surface area contributed by atoms with Crippen molar-refractivity contribution in [1.29, 1.82) is 0 Å². The number of benzene rings is 8. The number of rotatable bonds is 11. The maximum atomic E-state index is 4.55. The molecule has 0 atom stereocenters. The fraction of sp³-hybridized carbons (Fsp3) is 0.226. The first-order chi connectivity index (χ1) is 32.2. The Balaban J connectivity index is 1.38. The lowest BCUT2D eigenvalue weighted by Crippen LogP contribution is -2.21. The van der Waals surface area contributed by atoms with E-state index in [0.29, 0.717) is 0 Å². The van der Waals surface area contributed by atoms with Crippen LogP contribution < -0.4 is 31.4 Å². The Labute approximate surface area is 396 Å². The molecule has 0 bridgehead atoms. The van der Waals surface area contributed by atoms with E-state index in [1.807, 2.05) is 0 Å². The van der Waals surface area contributed by atoms with E-state index in [1.54, 1.807) is 0 Å². The van der Waals surface area contributed by atoms with Gasteiger partial charge in [-0.15, -0.1) is 0 Å². The second kappa shape index (κ2) is 19.2. The highest BCUT2D eigenvalue weighted by Gasteiger charge is 2.33. The third-order valence-electron chi connectivity index (χ3n) is 14.1. The summed E-state index contributed by atoms with van der Waals surface area (Å²) in [7, 11) is -2.04. The lowest BCUT2D eigenvalue weighted by molar-refractivity contribution is 0.682. The van der Waals surface area contributed by atoms with Gasteiger partial charge in [0.15, 0.2) is 0 Å². The van der Waals surface area contributed by atoms with Crippen LogP contribution in [0.15, 0.2) is 158 Å². The lowest BCUT2D eigenvalue weighted by Gasteiger charge is -2.35. The van der Waals surface area contributed by atoms with Crippen LogP contribution in [-0.4, -0.2) is 0 Å². The Kier molecular flexibility index (Phi) is 12.8. The van der Waals surface area contributed by atoms with Crippen LogP contribution in [0.5, 0.6) is 0 Å². The van der Waals surface area contributed by atoms with Gasteiger partial charge in [-0.3, -0.25) is 0 Å². The number of hydrogen-bond acceptors (Lipinski definition) is 2. The monoisotopic (exact) mass is 896 g/mol. The van der Waals surface area contributed by atoms with Crippen LogP contribution in [0.3, 0.4) is 0 Å². The van der Waals surface area contributed by atoms with Gasteiger partial charge in [-0.05, 0) is 161 Å².